The molecule has 2 heterocycles. The lowest BCUT2D eigenvalue weighted by Gasteiger charge is -2.20. The van der Waals surface area contributed by atoms with Crippen LogP contribution in [0, 0.1) is 5.92 Å². The van der Waals surface area contributed by atoms with Crippen LogP contribution >= 0.6 is 11.8 Å². The van der Waals surface area contributed by atoms with Gasteiger partial charge in [-0.15, -0.1) is 0 Å². The van der Waals surface area contributed by atoms with Crippen molar-refractivity contribution in [3.8, 4) is 0 Å². The summed E-state index contributed by atoms with van der Waals surface area (Å²) in [4.78, 5) is 4.22. The Labute approximate surface area is 106 Å². The highest BCUT2D eigenvalue weighted by atomic mass is 32.2. The zero-order valence-electron chi connectivity index (χ0n) is 9.67. The smallest absolute Gasteiger partial charge is 0.0349 e. The minimum absolute atomic E-state index is 0.151. The lowest BCUT2D eigenvalue weighted by Crippen LogP contribution is -2.21. The topological polar surface area (TPSA) is 38.9 Å². The summed E-state index contributed by atoms with van der Waals surface area (Å²) in [6.45, 7) is 0. The molecule has 17 heavy (non-hydrogen) atoms. The Balaban J connectivity index is 2.04. The van der Waals surface area contributed by atoms with Gasteiger partial charge < -0.3 is 5.73 Å². The molecule has 1 aromatic heterocycles. The van der Waals surface area contributed by atoms with Crippen LogP contribution in [-0.4, -0.2) is 16.5 Å². The maximum Gasteiger partial charge on any atom is 0.0349 e. The van der Waals surface area contributed by atoms with Gasteiger partial charge in [-0.05, 0) is 40.9 Å². The SMILES string of the molecule is NC(c1cccc2ccncc12)C1CCSC1. The van der Waals surface area contributed by atoms with Crippen molar-refractivity contribution in [2.45, 2.75) is 12.5 Å². The Morgan fingerprint density at radius 3 is 3.12 bits per heavy atom. The number of hydrogen-bond donors (Lipinski definition) is 1. The zero-order chi connectivity index (χ0) is 11.7. The standard InChI is InChI=1S/C14H16N2S/c15-14(11-5-7-17-9-11)12-3-1-2-10-4-6-16-8-13(10)12/h1-4,6,8,11,14H,5,7,9,15H2. The van der Waals surface area contributed by atoms with Crippen LogP contribution in [0.2, 0.25) is 0 Å². The molecule has 3 heteroatoms. The van der Waals surface area contributed by atoms with Gasteiger partial charge in [0.2, 0.25) is 0 Å². The molecule has 0 spiro atoms. The van der Waals surface area contributed by atoms with E-state index in [1.165, 1.54) is 34.3 Å². The third kappa shape index (κ3) is 2.05. The van der Waals surface area contributed by atoms with Gasteiger partial charge in [0.05, 0.1) is 0 Å². The zero-order valence-corrected chi connectivity index (χ0v) is 10.5. The summed E-state index contributed by atoms with van der Waals surface area (Å²) in [5.41, 5.74) is 7.68. The molecule has 88 valence electrons. The average molecular weight is 244 g/mol. The second-order valence-corrected chi connectivity index (χ2v) is 5.74. The number of pyridine rings is 1. The molecule has 0 radical (unpaired) electrons. The number of benzene rings is 1. The van der Waals surface area contributed by atoms with Gasteiger partial charge >= 0.3 is 0 Å². The maximum absolute atomic E-state index is 6.43. The predicted octanol–water partition coefficient (Wildman–Crippen LogP) is 2.99. The van der Waals surface area contributed by atoms with Crippen molar-refractivity contribution in [1.82, 2.24) is 4.98 Å². The lowest BCUT2D eigenvalue weighted by atomic mass is 9.90. The molecular formula is C14H16N2S. The fourth-order valence-corrected chi connectivity index (χ4v) is 3.83. The fraction of sp³-hybridized carbons (Fsp3) is 0.357. The second kappa shape index (κ2) is 4.67. The molecule has 2 nitrogen and oxygen atoms in total. The summed E-state index contributed by atoms with van der Waals surface area (Å²) >= 11 is 2.01. The predicted molar refractivity (Wildman–Crippen MR) is 74.1 cm³/mol. The maximum atomic E-state index is 6.43. The quantitative estimate of drug-likeness (QED) is 0.882. The molecule has 2 aromatic rings. The first-order chi connectivity index (χ1) is 8.36. The molecule has 0 bridgehead atoms. The highest BCUT2D eigenvalue weighted by Gasteiger charge is 2.24. The number of hydrogen-bond acceptors (Lipinski definition) is 3. The summed E-state index contributed by atoms with van der Waals surface area (Å²) in [5.74, 6) is 3.06. The summed E-state index contributed by atoms with van der Waals surface area (Å²) in [6, 6.07) is 8.57. The molecule has 1 fully saturated rings. The second-order valence-electron chi connectivity index (χ2n) is 4.59. The van der Waals surface area contributed by atoms with Crippen molar-refractivity contribution in [3.63, 3.8) is 0 Å². The Morgan fingerprint density at radius 1 is 1.35 bits per heavy atom. The molecule has 1 aliphatic rings. The first kappa shape index (κ1) is 11.1. The Kier molecular flexibility index (Phi) is 3.04. The molecule has 0 amide bonds. The Hall–Kier alpha value is -1.06. The molecule has 2 atom stereocenters. The van der Waals surface area contributed by atoms with Crippen LogP contribution in [0.25, 0.3) is 10.8 Å². The van der Waals surface area contributed by atoms with Gasteiger partial charge in [-0.3, -0.25) is 4.98 Å². The van der Waals surface area contributed by atoms with E-state index in [-0.39, 0.29) is 6.04 Å². The lowest BCUT2D eigenvalue weighted by molar-refractivity contribution is 0.484. The first-order valence-electron chi connectivity index (χ1n) is 6.02. The van der Waals surface area contributed by atoms with Crippen molar-refractivity contribution >= 4 is 22.5 Å². The van der Waals surface area contributed by atoms with Crippen molar-refractivity contribution in [3.05, 3.63) is 42.2 Å². The van der Waals surface area contributed by atoms with E-state index in [0.717, 1.165) is 0 Å². The Bertz CT molecular complexity index is 515. The number of rotatable bonds is 2. The molecular weight excluding hydrogens is 228 g/mol. The van der Waals surface area contributed by atoms with E-state index in [1.54, 1.807) is 0 Å². The minimum atomic E-state index is 0.151. The first-order valence-corrected chi connectivity index (χ1v) is 7.17. The van der Waals surface area contributed by atoms with Crippen molar-refractivity contribution in [1.29, 1.82) is 0 Å². The average Bonchev–Trinajstić information content (AvgIpc) is 2.91. The molecule has 1 saturated heterocycles. The minimum Gasteiger partial charge on any atom is -0.324 e. The van der Waals surface area contributed by atoms with E-state index in [0.29, 0.717) is 5.92 Å². The van der Waals surface area contributed by atoms with Gasteiger partial charge in [0.1, 0.15) is 0 Å². The normalized spacial score (nSPS) is 21.8. The number of fused-ring (bicyclic) bond motifs is 1. The fourth-order valence-electron chi connectivity index (χ4n) is 2.52. The van der Waals surface area contributed by atoms with Crippen LogP contribution in [0.3, 0.4) is 0 Å². The summed E-state index contributed by atoms with van der Waals surface area (Å²) in [5, 5.41) is 2.44. The van der Waals surface area contributed by atoms with Crippen LogP contribution in [0.1, 0.15) is 18.0 Å². The highest BCUT2D eigenvalue weighted by Crippen LogP contribution is 2.35. The van der Waals surface area contributed by atoms with Gasteiger partial charge in [0.25, 0.3) is 0 Å². The van der Waals surface area contributed by atoms with E-state index >= 15 is 0 Å². The monoisotopic (exact) mass is 244 g/mol. The highest BCUT2D eigenvalue weighted by molar-refractivity contribution is 7.99. The van der Waals surface area contributed by atoms with Crippen molar-refractivity contribution in [2.24, 2.45) is 11.7 Å². The van der Waals surface area contributed by atoms with Gasteiger partial charge in [-0.25, -0.2) is 0 Å². The van der Waals surface area contributed by atoms with Gasteiger partial charge in [0.15, 0.2) is 0 Å². The summed E-state index contributed by atoms with van der Waals surface area (Å²) < 4.78 is 0. The molecule has 3 rings (SSSR count). The van der Waals surface area contributed by atoms with E-state index in [1.807, 2.05) is 24.2 Å². The van der Waals surface area contributed by atoms with E-state index < -0.39 is 0 Å². The molecule has 2 unspecified atom stereocenters. The van der Waals surface area contributed by atoms with Gasteiger partial charge in [-0.1, -0.05) is 18.2 Å². The molecule has 0 saturated carbocycles. The molecule has 2 N–H and O–H groups in total. The van der Waals surface area contributed by atoms with E-state index in [9.17, 15) is 0 Å². The van der Waals surface area contributed by atoms with Crippen LogP contribution in [0.5, 0.6) is 0 Å². The largest absolute Gasteiger partial charge is 0.324 e. The molecule has 1 aromatic carbocycles. The van der Waals surface area contributed by atoms with Crippen molar-refractivity contribution < 1.29 is 0 Å². The van der Waals surface area contributed by atoms with Crippen LogP contribution in [-0.2, 0) is 0 Å². The summed E-state index contributed by atoms with van der Waals surface area (Å²) in [7, 11) is 0. The van der Waals surface area contributed by atoms with Gasteiger partial charge in [-0.2, -0.15) is 11.8 Å². The number of aromatic nitrogens is 1. The van der Waals surface area contributed by atoms with Crippen LogP contribution in [0.15, 0.2) is 36.7 Å². The van der Waals surface area contributed by atoms with Crippen molar-refractivity contribution in [2.75, 3.05) is 11.5 Å². The molecule has 1 aliphatic heterocycles. The van der Waals surface area contributed by atoms with E-state index in [4.69, 9.17) is 5.73 Å². The van der Waals surface area contributed by atoms with E-state index in [2.05, 4.69) is 29.2 Å². The van der Waals surface area contributed by atoms with Crippen LogP contribution < -0.4 is 5.73 Å². The summed E-state index contributed by atoms with van der Waals surface area (Å²) in [6.07, 6.45) is 5.01. The number of nitrogens with two attached hydrogens (primary N) is 1. The molecule has 0 aliphatic carbocycles. The third-order valence-electron chi connectivity index (χ3n) is 3.55. The third-order valence-corrected chi connectivity index (χ3v) is 4.74. The van der Waals surface area contributed by atoms with Crippen LogP contribution in [0.4, 0.5) is 0 Å². The Morgan fingerprint density at radius 2 is 2.29 bits per heavy atom. The van der Waals surface area contributed by atoms with Gasteiger partial charge in [0, 0.05) is 23.8 Å². The number of thioether (sulfide) groups is 1. The number of nitrogens with zero attached hydrogens (tertiary/aromatic N) is 1.